The van der Waals surface area contributed by atoms with Gasteiger partial charge in [-0.05, 0) is 36.4 Å². The maximum absolute atomic E-state index is 10.1. The molecule has 23 heavy (non-hydrogen) atoms. The van der Waals surface area contributed by atoms with Gasteiger partial charge in [-0.2, -0.15) is 0 Å². The Morgan fingerprint density at radius 1 is 0.652 bits per heavy atom. The number of rotatable bonds is 5. The normalized spacial score (nSPS) is 11.1. The molecule has 3 aromatic carbocycles. The average Bonchev–Trinajstić information content (AvgIpc) is 2.62. The van der Waals surface area contributed by atoms with Crippen molar-refractivity contribution >= 4 is 23.2 Å². The minimum Gasteiger partial charge on any atom is -0.509 e. The summed E-state index contributed by atoms with van der Waals surface area (Å²) in [5, 5.41) is 13.9. The monoisotopic (exact) mass is 319 g/mol. The van der Waals surface area contributed by atoms with Gasteiger partial charge in [0, 0.05) is 0 Å². The Hall–Kier alpha value is -2.37. The molecule has 1 nitrogen and oxygen atoms in total. The molecular formula is C21H20OP+. The Labute approximate surface area is 138 Å². The summed E-state index contributed by atoms with van der Waals surface area (Å²) in [6.07, 6.45) is 0.561. The molecule has 0 aliphatic carbocycles. The summed E-state index contributed by atoms with van der Waals surface area (Å²) in [7, 11) is -1.96. The molecule has 0 radical (unpaired) electrons. The predicted molar refractivity (Wildman–Crippen MR) is 102 cm³/mol. The zero-order chi connectivity index (χ0) is 16.1. The molecule has 0 saturated heterocycles. The number of aliphatic hydroxyl groups is 1. The quantitative estimate of drug-likeness (QED) is 0.555. The van der Waals surface area contributed by atoms with E-state index >= 15 is 0 Å². The molecule has 0 atom stereocenters. The van der Waals surface area contributed by atoms with Crippen molar-refractivity contribution in [1.29, 1.82) is 0 Å². The molecule has 0 amide bonds. The first-order chi connectivity index (χ1) is 11.2. The molecule has 0 spiro atoms. The van der Waals surface area contributed by atoms with E-state index in [9.17, 15) is 5.11 Å². The Morgan fingerprint density at radius 2 is 0.957 bits per heavy atom. The average molecular weight is 319 g/mol. The van der Waals surface area contributed by atoms with Gasteiger partial charge >= 0.3 is 0 Å². The molecule has 0 bridgehead atoms. The van der Waals surface area contributed by atoms with Crippen LogP contribution in [0.3, 0.4) is 0 Å². The van der Waals surface area contributed by atoms with E-state index in [1.807, 2.05) is 18.2 Å². The molecule has 0 heterocycles. The first kappa shape index (κ1) is 15.5. The van der Waals surface area contributed by atoms with Crippen LogP contribution in [-0.2, 0) is 0 Å². The second-order valence-electron chi connectivity index (χ2n) is 5.54. The highest BCUT2D eigenvalue weighted by molar-refractivity contribution is 7.95. The van der Waals surface area contributed by atoms with Gasteiger partial charge in [0.15, 0.2) is 0 Å². The fourth-order valence-corrected chi connectivity index (χ4v) is 7.08. The van der Waals surface area contributed by atoms with Crippen LogP contribution in [0.25, 0.3) is 0 Å². The van der Waals surface area contributed by atoms with Crippen LogP contribution in [-0.4, -0.2) is 11.3 Å². The largest absolute Gasteiger partial charge is 0.509 e. The van der Waals surface area contributed by atoms with Crippen molar-refractivity contribution in [3.8, 4) is 0 Å². The van der Waals surface area contributed by atoms with Crippen molar-refractivity contribution in [3.63, 3.8) is 0 Å². The highest BCUT2D eigenvalue weighted by Crippen LogP contribution is 2.56. The molecular weight excluding hydrogens is 299 g/mol. The van der Waals surface area contributed by atoms with Crippen molar-refractivity contribution in [1.82, 2.24) is 0 Å². The Balaban J connectivity index is 2.32. The van der Waals surface area contributed by atoms with Crippen LogP contribution in [0.4, 0.5) is 0 Å². The van der Waals surface area contributed by atoms with Crippen molar-refractivity contribution in [2.75, 3.05) is 6.16 Å². The van der Waals surface area contributed by atoms with Crippen LogP contribution in [0, 0.1) is 0 Å². The van der Waals surface area contributed by atoms with Gasteiger partial charge in [0.25, 0.3) is 0 Å². The minimum atomic E-state index is -1.96. The summed E-state index contributed by atoms with van der Waals surface area (Å²) in [4.78, 5) is 0. The highest BCUT2D eigenvalue weighted by atomic mass is 31.2. The smallest absolute Gasteiger partial charge is 0.129 e. The summed E-state index contributed by atoms with van der Waals surface area (Å²) >= 11 is 0. The zero-order valence-electron chi connectivity index (χ0n) is 13.0. The number of aliphatic hydroxyl groups excluding tert-OH is 1. The van der Waals surface area contributed by atoms with Gasteiger partial charge in [0.1, 0.15) is 35.1 Å². The maximum Gasteiger partial charge on any atom is 0.129 e. The van der Waals surface area contributed by atoms with Crippen molar-refractivity contribution in [3.05, 3.63) is 103 Å². The fourth-order valence-electron chi connectivity index (χ4n) is 3.04. The molecule has 2 heteroatoms. The molecule has 0 saturated carbocycles. The number of hydrogen-bond donors (Lipinski definition) is 1. The lowest BCUT2D eigenvalue weighted by molar-refractivity contribution is 0.419. The lowest BCUT2D eigenvalue weighted by Gasteiger charge is -2.27. The summed E-state index contributed by atoms with van der Waals surface area (Å²) < 4.78 is 0. The topological polar surface area (TPSA) is 20.2 Å². The lowest BCUT2D eigenvalue weighted by atomic mass is 10.4. The second-order valence-corrected chi connectivity index (χ2v) is 9.03. The van der Waals surface area contributed by atoms with Crippen molar-refractivity contribution < 1.29 is 5.11 Å². The second kappa shape index (κ2) is 6.81. The molecule has 0 aliphatic heterocycles. The van der Waals surface area contributed by atoms with Crippen LogP contribution in [0.1, 0.15) is 0 Å². The molecule has 3 rings (SSSR count). The minimum absolute atomic E-state index is 0.231. The fraction of sp³-hybridized carbons (Fsp3) is 0.0476. The van der Waals surface area contributed by atoms with E-state index < -0.39 is 7.26 Å². The first-order valence-electron chi connectivity index (χ1n) is 7.65. The van der Waals surface area contributed by atoms with Gasteiger partial charge in [-0.25, -0.2) is 0 Å². The van der Waals surface area contributed by atoms with E-state index in [0.717, 1.165) is 0 Å². The van der Waals surface area contributed by atoms with Gasteiger partial charge in [0.05, 0.1) is 0 Å². The third-order valence-corrected chi connectivity index (χ3v) is 8.39. The van der Waals surface area contributed by atoms with Crippen LogP contribution < -0.4 is 15.9 Å². The number of benzene rings is 3. The summed E-state index contributed by atoms with van der Waals surface area (Å²) in [5.74, 6) is 0.231. The van der Waals surface area contributed by atoms with E-state index in [-0.39, 0.29) is 5.76 Å². The zero-order valence-corrected chi connectivity index (χ0v) is 13.9. The molecule has 114 valence electrons. The molecule has 1 N–H and O–H groups in total. The van der Waals surface area contributed by atoms with E-state index in [4.69, 9.17) is 0 Å². The van der Waals surface area contributed by atoms with Crippen molar-refractivity contribution in [2.24, 2.45) is 0 Å². The van der Waals surface area contributed by atoms with Gasteiger partial charge in [-0.15, -0.1) is 0 Å². The summed E-state index contributed by atoms with van der Waals surface area (Å²) in [6, 6.07) is 31.5. The van der Waals surface area contributed by atoms with Gasteiger partial charge in [-0.1, -0.05) is 61.2 Å². The molecule has 0 aliphatic rings. The van der Waals surface area contributed by atoms with Crippen LogP contribution in [0.5, 0.6) is 0 Å². The van der Waals surface area contributed by atoms with E-state index in [2.05, 4.69) is 79.4 Å². The third-order valence-electron chi connectivity index (χ3n) is 4.01. The Kier molecular flexibility index (Phi) is 4.60. The Morgan fingerprint density at radius 3 is 1.22 bits per heavy atom. The van der Waals surface area contributed by atoms with E-state index in [1.54, 1.807) is 0 Å². The third kappa shape index (κ3) is 3.06. The standard InChI is InChI=1S/C21H19OP/c1-18(22)17-23(19-11-5-2-6-12-19,20-13-7-3-8-14-20)21-15-9-4-10-16-21/h2-16H,1,17H2/p+1. The Bertz CT molecular complexity index is 670. The van der Waals surface area contributed by atoms with Crippen LogP contribution in [0.15, 0.2) is 103 Å². The molecule has 0 unspecified atom stereocenters. The first-order valence-corrected chi connectivity index (χ1v) is 9.62. The van der Waals surface area contributed by atoms with Gasteiger partial charge in [0.2, 0.25) is 0 Å². The molecule has 0 aromatic heterocycles. The lowest BCUT2D eigenvalue weighted by Crippen LogP contribution is -2.33. The van der Waals surface area contributed by atoms with Crippen LogP contribution >= 0.6 is 7.26 Å². The highest BCUT2D eigenvalue weighted by Gasteiger charge is 2.45. The molecule has 0 fully saturated rings. The summed E-state index contributed by atoms with van der Waals surface area (Å²) in [6.45, 7) is 3.80. The predicted octanol–water partition coefficient (Wildman–Crippen LogP) is 4.05. The number of allylic oxidation sites excluding steroid dienone is 1. The maximum atomic E-state index is 10.1. The van der Waals surface area contributed by atoms with E-state index in [0.29, 0.717) is 6.16 Å². The SMILES string of the molecule is C=C(O)C[P+](c1ccccc1)(c1ccccc1)c1ccccc1. The molecule has 3 aromatic rings. The van der Waals surface area contributed by atoms with Gasteiger partial charge in [-0.3, -0.25) is 0 Å². The summed E-state index contributed by atoms with van der Waals surface area (Å²) in [5.41, 5.74) is 0. The van der Waals surface area contributed by atoms with Crippen LogP contribution in [0.2, 0.25) is 0 Å². The van der Waals surface area contributed by atoms with Gasteiger partial charge < -0.3 is 5.11 Å². The van der Waals surface area contributed by atoms with Crippen molar-refractivity contribution in [2.45, 2.75) is 0 Å². The number of hydrogen-bond acceptors (Lipinski definition) is 1. The van der Waals surface area contributed by atoms with E-state index in [1.165, 1.54) is 15.9 Å².